The number of rotatable bonds is 4. The van der Waals surface area contributed by atoms with Crippen molar-refractivity contribution in [2.24, 2.45) is 11.8 Å². The minimum absolute atomic E-state index is 0.0162. The summed E-state index contributed by atoms with van der Waals surface area (Å²) in [7, 11) is 3.06. The molecule has 2 atom stereocenters. The number of ether oxygens (including phenoxy) is 2. The molecule has 4 nitrogen and oxygen atoms in total. The van der Waals surface area contributed by atoms with Crippen molar-refractivity contribution in [2.45, 2.75) is 38.7 Å². The Bertz CT molecular complexity index is 605. The lowest BCUT2D eigenvalue weighted by Crippen LogP contribution is -2.39. The lowest BCUT2D eigenvalue weighted by atomic mass is 9.78. The van der Waals surface area contributed by atoms with Gasteiger partial charge in [-0.25, -0.2) is 0 Å². The van der Waals surface area contributed by atoms with Crippen LogP contribution in [0.5, 0.6) is 0 Å². The van der Waals surface area contributed by atoms with Crippen LogP contribution >= 0.6 is 0 Å². The Kier molecular flexibility index (Phi) is 6.19. The Morgan fingerprint density at radius 1 is 1.33 bits per heavy atom. The number of hydrogen-bond acceptors (Lipinski definition) is 4. The van der Waals surface area contributed by atoms with Crippen LogP contribution in [0, 0.1) is 11.8 Å². The summed E-state index contributed by atoms with van der Waals surface area (Å²) < 4.78 is 10.3. The van der Waals surface area contributed by atoms with Crippen molar-refractivity contribution in [1.29, 1.82) is 0 Å². The van der Waals surface area contributed by atoms with E-state index < -0.39 is 5.60 Å². The molecule has 0 unspecified atom stereocenters. The summed E-state index contributed by atoms with van der Waals surface area (Å²) in [5.74, 6) is -0.453. The largest absolute Gasteiger partial charge is 0.469 e. The highest BCUT2D eigenvalue weighted by Gasteiger charge is 2.37. The highest BCUT2D eigenvalue weighted by molar-refractivity contribution is 5.73. The molecule has 0 bridgehead atoms. The molecular formula is C20H28O4. The normalized spacial score (nSPS) is 26.6. The second-order valence-corrected chi connectivity index (χ2v) is 6.84. The smallest absolute Gasteiger partial charge is 0.308 e. The van der Waals surface area contributed by atoms with E-state index in [1.165, 1.54) is 7.11 Å². The zero-order valence-corrected chi connectivity index (χ0v) is 15.0. The molecule has 1 aliphatic carbocycles. The quantitative estimate of drug-likeness (QED) is 0.860. The van der Waals surface area contributed by atoms with Gasteiger partial charge in [-0.3, -0.25) is 4.79 Å². The highest BCUT2D eigenvalue weighted by atomic mass is 16.5. The van der Waals surface area contributed by atoms with Crippen molar-refractivity contribution in [3.8, 4) is 0 Å². The highest BCUT2D eigenvalue weighted by Crippen LogP contribution is 2.36. The Hall–Kier alpha value is -1.65. The third-order valence-corrected chi connectivity index (χ3v) is 5.07. The van der Waals surface area contributed by atoms with E-state index in [0.717, 1.165) is 16.7 Å². The van der Waals surface area contributed by atoms with Crippen LogP contribution in [-0.4, -0.2) is 37.5 Å². The van der Waals surface area contributed by atoms with Crippen LogP contribution in [0.15, 0.2) is 29.8 Å². The molecule has 1 aromatic carbocycles. The van der Waals surface area contributed by atoms with Crippen molar-refractivity contribution in [2.75, 3.05) is 20.8 Å². The second-order valence-electron chi connectivity index (χ2n) is 6.84. The van der Waals surface area contributed by atoms with Gasteiger partial charge in [-0.1, -0.05) is 44.2 Å². The molecule has 24 heavy (non-hydrogen) atoms. The Morgan fingerprint density at radius 3 is 2.67 bits per heavy atom. The number of fused-ring (bicyclic) bond motifs is 1. The van der Waals surface area contributed by atoms with Gasteiger partial charge in [-0.2, -0.15) is 0 Å². The topological polar surface area (TPSA) is 55.8 Å². The maximum atomic E-state index is 12.2. The molecule has 0 radical (unpaired) electrons. The minimum Gasteiger partial charge on any atom is -0.469 e. The first-order valence-electron chi connectivity index (χ1n) is 8.50. The van der Waals surface area contributed by atoms with E-state index in [2.05, 4.69) is 0 Å². The second kappa shape index (κ2) is 7.95. The molecule has 0 spiro atoms. The van der Waals surface area contributed by atoms with Crippen LogP contribution in [0.3, 0.4) is 0 Å². The molecule has 0 amide bonds. The SMILES string of the molecule is COC/C1=C/c2ccccc2C[C@@H](C(=O)OC)CC[C@@]1(O)C(C)C. The fourth-order valence-corrected chi connectivity index (χ4v) is 3.45. The number of aliphatic hydroxyl groups is 1. The van der Waals surface area contributed by atoms with Crippen molar-refractivity contribution >= 4 is 12.0 Å². The molecular weight excluding hydrogens is 304 g/mol. The first-order valence-corrected chi connectivity index (χ1v) is 8.50. The van der Waals surface area contributed by atoms with Gasteiger partial charge in [-0.05, 0) is 41.9 Å². The van der Waals surface area contributed by atoms with Crippen LogP contribution in [0.1, 0.15) is 37.8 Å². The molecule has 0 heterocycles. The molecule has 1 N–H and O–H groups in total. The number of carbonyl (C=O) groups is 1. The molecule has 2 rings (SSSR count). The summed E-state index contributed by atoms with van der Waals surface area (Å²) in [6, 6.07) is 8.00. The number of methoxy groups -OCH3 is 2. The van der Waals surface area contributed by atoms with Crippen LogP contribution in [0.4, 0.5) is 0 Å². The fourth-order valence-electron chi connectivity index (χ4n) is 3.45. The summed E-state index contributed by atoms with van der Waals surface area (Å²) in [4.78, 5) is 12.2. The van der Waals surface area contributed by atoms with Crippen molar-refractivity contribution in [3.05, 3.63) is 41.0 Å². The van der Waals surface area contributed by atoms with Crippen molar-refractivity contribution < 1.29 is 19.4 Å². The maximum absolute atomic E-state index is 12.2. The molecule has 0 saturated carbocycles. The number of benzene rings is 1. The van der Waals surface area contributed by atoms with Crippen molar-refractivity contribution in [3.63, 3.8) is 0 Å². The van der Waals surface area contributed by atoms with E-state index in [1.807, 2.05) is 44.2 Å². The average Bonchev–Trinajstić information content (AvgIpc) is 2.63. The summed E-state index contributed by atoms with van der Waals surface area (Å²) >= 11 is 0. The van der Waals surface area contributed by atoms with Gasteiger partial charge in [0.15, 0.2) is 0 Å². The van der Waals surface area contributed by atoms with Crippen LogP contribution in [0.2, 0.25) is 0 Å². The first kappa shape index (κ1) is 18.7. The summed E-state index contributed by atoms with van der Waals surface area (Å²) in [5, 5.41) is 11.4. The number of hydrogen-bond donors (Lipinski definition) is 1. The van der Waals surface area contributed by atoms with Gasteiger partial charge < -0.3 is 14.6 Å². The predicted molar refractivity (Wildman–Crippen MR) is 94.5 cm³/mol. The van der Waals surface area contributed by atoms with Gasteiger partial charge >= 0.3 is 5.97 Å². The lowest BCUT2D eigenvalue weighted by molar-refractivity contribution is -0.146. The molecule has 0 saturated heterocycles. The van der Waals surface area contributed by atoms with E-state index in [4.69, 9.17) is 9.47 Å². The molecule has 0 aromatic heterocycles. The van der Waals surface area contributed by atoms with E-state index in [0.29, 0.717) is 25.9 Å². The van der Waals surface area contributed by atoms with Gasteiger partial charge in [-0.15, -0.1) is 0 Å². The molecule has 0 fully saturated rings. The van der Waals surface area contributed by atoms with Crippen LogP contribution in [0.25, 0.3) is 6.08 Å². The van der Waals surface area contributed by atoms with E-state index in [9.17, 15) is 9.90 Å². The van der Waals surface area contributed by atoms with Gasteiger partial charge in [0.1, 0.15) is 0 Å². The maximum Gasteiger partial charge on any atom is 0.308 e. The monoisotopic (exact) mass is 332 g/mol. The Morgan fingerprint density at radius 2 is 2.04 bits per heavy atom. The van der Waals surface area contributed by atoms with Gasteiger partial charge in [0.25, 0.3) is 0 Å². The summed E-state index contributed by atoms with van der Waals surface area (Å²) in [6.45, 7) is 4.37. The zero-order chi connectivity index (χ0) is 17.7. The molecule has 1 aromatic rings. The third-order valence-electron chi connectivity index (χ3n) is 5.07. The van der Waals surface area contributed by atoms with E-state index >= 15 is 0 Å². The molecule has 132 valence electrons. The van der Waals surface area contributed by atoms with Crippen molar-refractivity contribution in [1.82, 2.24) is 0 Å². The fraction of sp³-hybridized carbons (Fsp3) is 0.550. The summed E-state index contributed by atoms with van der Waals surface area (Å²) in [5.41, 5.74) is 1.98. The van der Waals surface area contributed by atoms with Crippen LogP contribution < -0.4 is 0 Å². The summed E-state index contributed by atoms with van der Waals surface area (Å²) in [6.07, 6.45) is 3.73. The minimum atomic E-state index is -1.00. The van der Waals surface area contributed by atoms with Crippen LogP contribution in [-0.2, 0) is 20.7 Å². The Labute approximate surface area is 144 Å². The molecule has 0 aliphatic heterocycles. The molecule has 4 heteroatoms. The average molecular weight is 332 g/mol. The number of carbonyl (C=O) groups excluding carboxylic acids is 1. The third kappa shape index (κ3) is 3.87. The van der Waals surface area contributed by atoms with Gasteiger partial charge in [0, 0.05) is 7.11 Å². The lowest BCUT2D eigenvalue weighted by Gasteiger charge is -2.35. The zero-order valence-electron chi connectivity index (χ0n) is 15.0. The Balaban J connectivity index is 2.55. The molecule has 1 aliphatic rings. The van der Waals surface area contributed by atoms with Gasteiger partial charge in [0.2, 0.25) is 0 Å². The van der Waals surface area contributed by atoms with E-state index in [1.54, 1.807) is 7.11 Å². The first-order chi connectivity index (χ1) is 11.4. The number of esters is 1. The standard InChI is InChI=1S/C20H28O4/c1-14(2)20(22)10-9-17(19(21)24-4)11-15-7-5-6-8-16(15)12-18(20)13-23-3/h5-8,12,14,17,22H,9-11,13H2,1-4H3/b18-12-/t17-,20+/m0/s1. The van der Waals surface area contributed by atoms with E-state index in [-0.39, 0.29) is 17.8 Å². The predicted octanol–water partition coefficient (Wildman–Crippen LogP) is 3.23. The van der Waals surface area contributed by atoms with Gasteiger partial charge in [0.05, 0.1) is 25.2 Å².